The normalized spacial score (nSPS) is 20.7. The zero-order valence-corrected chi connectivity index (χ0v) is 21.2. The van der Waals surface area contributed by atoms with Crippen molar-refractivity contribution in [1.82, 2.24) is 4.90 Å². The summed E-state index contributed by atoms with van der Waals surface area (Å²) in [5, 5.41) is 3.78. The molecule has 1 saturated heterocycles. The molecule has 0 bridgehead atoms. The van der Waals surface area contributed by atoms with Crippen LogP contribution in [0.5, 0.6) is 0 Å². The van der Waals surface area contributed by atoms with E-state index in [0.29, 0.717) is 27.6 Å². The maximum Gasteiger partial charge on any atom is 0.257 e. The van der Waals surface area contributed by atoms with E-state index in [1.165, 1.54) is 37.9 Å². The summed E-state index contributed by atoms with van der Waals surface area (Å²) < 4.78 is 0. The number of anilines is 1. The number of aldehydes is 1. The molecule has 1 aliphatic heterocycles. The quantitative estimate of drug-likeness (QED) is 0.475. The summed E-state index contributed by atoms with van der Waals surface area (Å²) in [5.74, 6) is 0.0830. The Kier molecular flexibility index (Phi) is 10.9. The summed E-state index contributed by atoms with van der Waals surface area (Å²) in [7, 11) is 0. The number of benzene rings is 2. The molecule has 1 saturated carbocycles. The molecule has 0 atom stereocenters. The number of rotatable bonds is 6. The number of amides is 1. The van der Waals surface area contributed by atoms with Crippen LogP contribution in [0.3, 0.4) is 0 Å². The number of carbonyl (C=O) groups excluding carboxylic acids is 2. The van der Waals surface area contributed by atoms with Crippen molar-refractivity contribution in [3.05, 3.63) is 63.6 Å². The van der Waals surface area contributed by atoms with Crippen LogP contribution in [0.2, 0.25) is 10.0 Å². The highest BCUT2D eigenvalue weighted by atomic mass is 35.5. The minimum atomic E-state index is -0.227. The van der Waals surface area contributed by atoms with Gasteiger partial charge in [0.25, 0.3) is 5.91 Å². The second-order valence-electron chi connectivity index (χ2n) is 9.24. The van der Waals surface area contributed by atoms with E-state index in [-0.39, 0.29) is 5.91 Å². The van der Waals surface area contributed by atoms with Crippen LogP contribution in [-0.4, -0.2) is 42.8 Å². The summed E-state index contributed by atoms with van der Waals surface area (Å²) in [5.41, 5.74) is 8.07. The maximum atomic E-state index is 12.4. The summed E-state index contributed by atoms with van der Waals surface area (Å²) in [4.78, 5) is 25.2. The molecule has 0 aromatic heterocycles. The van der Waals surface area contributed by atoms with Crippen molar-refractivity contribution in [1.29, 1.82) is 0 Å². The van der Waals surface area contributed by atoms with Gasteiger partial charge in [-0.05, 0) is 93.9 Å². The van der Waals surface area contributed by atoms with E-state index in [1.807, 2.05) is 18.2 Å². The molecular weight excluding hydrogens is 469 g/mol. The van der Waals surface area contributed by atoms with E-state index in [1.54, 1.807) is 18.2 Å². The highest BCUT2D eigenvalue weighted by Crippen LogP contribution is 2.23. The van der Waals surface area contributed by atoms with Crippen LogP contribution in [0.25, 0.3) is 0 Å². The largest absolute Gasteiger partial charge is 0.328 e. The second-order valence-corrected chi connectivity index (χ2v) is 10.1. The molecule has 0 unspecified atom stereocenters. The standard InChI is InChI=1S/C20H22Cl2N2O.C7H13NO/c21-16-7-8-18(19(22)14-16)20(25)23-17-6-4-5-15(13-17)9-12-24-10-2-1-3-11-24;8-7-3-1-6(5-9)2-4-7/h4-8,13-14H,1-3,9-12H2,(H,23,25);5-7H,1-4,8H2. The SMILES string of the molecule is NC1CCC(C=O)CC1.O=C(Nc1cccc(CCN2CCCCC2)c1)c1ccc(Cl)cc1Cl. The molecule has 2 aromatic carbocycles. The number of halogens is 2. The van der Waals surface area contributed by atoms with Gasteiger partial charge < -0.3 is 20.7 Å². The van der Waals surface area contributed by atoms with Gasteiger partial charge in [0.1, 0.15) is 6.29 Å². The summed E-state index contributed by atoms with van der Waals surface area (Å²) >= 11 is 12.0. The molecule has 184 valence electrons. The van der Waals surface area contributed by atoms with Crippen molar-refractivity contribution < 1.29 is 9.59 Å². The Balaban J connectivity index is 0.000000302. The number of nitrogens with one attached hydrogen (secondary N) is 1. The average molecular weight is 505 g/mol. The maximum absolute atomic E-state index is 12.4. The van der Waals surface area contributed by atoms with Crippen molar-refractivity contribution in [3.63, 3.8) is 0 Å². The van der Waals surface area contributed by atoms with Crippen LogP contribution < -0.4 is 11.1 Å². The molecule has 0 radical (unpaired) electrons. The van der Waals surface area contributed by atoms with E-state index in [0.717, 1.165) is 50.6 Å². The first-order valence-electron chi connectivity index (χ1n) is 12.2. The van der Waals surface area contributed by atoms with Crippen LogP contribution >= 0.6 is 23.2 Å². The number of carbonyl (C=O) groups is 2. The van der Waals surface area contributed by atoms with Crippen molar-refractivity contribution in [3.8, 4) is 0 Å². The number of hydrogen-bond acceptors (Lipinski definition) is 4. The molecule has 4 rings (SSSR count). The molecule has 2 aromatic rings. The molecule has 1 heterocycles. The zero-order chi connectivity index (χ0) is 24.3. The lowest BCUT2D eigenvalue weighted by Gasteiger charge is -2.26. The van der Waals surface area contributed by atoms with Gasteiger partial charge in [0.15, 0.2) is 0 Å². The third-order valence-electron chi connectivity index (χ3n) is 6.53. The molecule has 5 nitrogen and oxygen atoms in total. The van der Waals surface area contributed by atoms with Gasteiger partial charge in [0.05, 0.1) is 10.6 Å². The van der Waals surface area contributed by atoms with Crippen LogP contribution in [0.15, 0.2) is 42.5 Å². The molecule has 1 amide bonds. The third-order valence-corrected chi connectivity index (χ3v) is 7.08. The van der Waals surface area contributed by atoms with Gasteiger partial charge >= 0.3 is 0 Å². The number of nitrogens with two attached hydrogens (primary N) is 1. The Labute approximate surface area is 213 Å². The van der Waals surface area contributed by atoms with Crippen molar-refractivity contribution in [2.24, 2.45) is 11.7 Å². The zero-order valence-electron chi connectivity index (χ0n) is 19.6. The molecule has 3 N–H and O–H groups in total. The Hall–Kier alpha value is -1.92. The van der Waals surface area contributed by atoms with Crippen molar-refractivity contribution >= 4 is 41.1 Å². The summed E-state index contributed by atoms with van der Waals surface area (Å²) in [6.45, 7) is 3.47. The second kappa shape index (κ2) is 13.8. The van der Waals surface area contributed by atoms with Crippen LogP contribution in [-0.2, 0) is 11.2 Å². The van der Waals surface area contributed by atoms with Crippen LogP contribution in [0, 0.1) is 5.92 Å². The summed E-state index contributed by atoms with van der Waals surface area (Å²) in [6.07, 6.45) is 10.1. The lowest BCUT2D eigenvalue weighted by Crippen LogP contribution is -2.31. The van der Waals surface area contributed by atoms with E-state index in [4.69, 9.17) is 28.9 Å². The molecule has 0 spiro atoms. The number of piperidine rings is 1. The topological polar surface area (TPSA) is 75.4 Å². The lowest BCUT2D eigenvalue weighted by molar-refractivity contribution is -0.111. The first kappa shape index (κ1) is 26.7. The molecular formula is C27H35Cl2N3O2. The Morgan fingerprint density at radius 1 is 1.03 bits per heavy atom. The van der Waals surface area contributed by atoms with Crippen LogP contribution in [0.1, 0.15) is 60.9 Å². The fourth-order valence-corrected chi connectivity index (χ4v) is 4.92. The predicted octanol–water partition coefficient (Wildman–Crippen LogP) is 5.98. The molecule has 2 aliphatic rings. The van der Waals surface area contributed by atoms with E-state index < -0.39 is 0 Å². The fraction of sp³-hybridized carbons (Fsp3) is 0.481. The Morgan fingerprint density at radius 2 is 1.76 bits per heavy atom. The Morgan fingerprint density at radius 3 is 2.44 bits per heavy atom. The number of hydrogen-bond donors (Lipinski definition) is 2. The highest BCUT2D eigenvalue weighted by Gasteiger charge is 2.17. The van der Waals surface area contributed by atoms with Gasteiger partial charge in [0, 0.05) is 29.2 Å². The number of nitrogens with zero attached hydrogens (tertiary/aromatic N) is 1. The monoisotopic (exact) mass is 503 g/mol. The van der Waals surface area contributed by atoms with Gasteiger partial charge in [-0.15, -0.1) is 0 Å². The van der Waals surface area contributed by atoms with Gasteiger partial charge in [-0.1, -0.05) is 41.8 Å². The predicted molar refractivity (Wildman–Crippen MR) is 141 cm³/mol. The summed E-state index contributed by atoms with van der Waals surface area (Å²) in [6, 6.07) is 13.3. The van der Waals surface area contributed by atoms with Crippen LogP contribution in [0.4, 0.5) is 5.69 Å². The van der Waals surface area contributed by atoms with Crippen molar-refractivity contribution in [2.75, 3.05) is 25.0 Å². The number of likely N-dealkylation sites (tertiary alicyclic amines) is 1. The van der Waals surface area contributed by atoms with E-state index in [2.05, 4.69) is 16.3 Å². The highest BCUT2D eigenvalue weighted by molar-refractivity contribution is 6.37. The van der Waals surface area contributed by atoms with Gasteiger partial charge in [-0.25, -0.2) is 0 Å². The molecule has 2 fully saturated rings. The van der Waals surface area contributed by atoms with Crippen molar-refractivity contribution in [2.45, 2.75) is 57.4 Å². The lowest BCUT2D eigenvalue weighted by atomic mass is 9.88. The first-order valence-corrected chi connectivity index (χ1v) is 13.0. The average Bonchev–Trinajstić information content (AvgIpc) is 2.84. The minimum Gasteiger partial charge on any atom is -0.328 e. The van der Waals surface area contributed by atoms with Gasteiger partial charge in [0.2, 0.25) is 0 Å². The molecule has 34 heavy (non-hydrogen) atoms. The smallest absolute Gasteiger partial charge is 0.257 e. The molecule has 7 heteroatoms. The van der Waals surface area contributed by atoms with Gasteiger partial charge in [-0.3, -0.25) is 4.79 Å². The van der Waals surface area contributed by atoms with E-state index in [9.17, 15) is 9.59 Å². The minimum absolute atomic E-state index is 0.227. The van der Waals surface area contributed by atoms with E-state index >= 15 is 0 Å². The van der Waals surface area contributed by atoms with Gasteiger partial charge in [-0.2, -0.15) is 0 Å². The fourth-order valence-electron chi connectivity index (χ4n) is 4.43. The molecule has 1 aliphatic carbocycles. The first-order chi connectivity index (χ1) is 16.4. The Bertz CT molecular complexity index is 939. The third kappa shape index (κ3) is 8.70.